The van der Waals surface area contributed by atoms with Gasteiger partial charge in [0, 0.05) is 20.1 Å². The molecule has 0 N–H and O–H groups in total. The van der Waals surface area contributed by atoms with Gasteiger partial charge in [0.1, 0.15) is 17.1 Å². The van der Waals surface area contributed by atoms with Crippen LogP contribution in [0.4, 0.5) is 0 Å². The van der Waals surface area contributed by atoms with Crippen molar-refractivity contribution in [3.05, 3.63) is 24.2 Å². The molecule has 19 heavy (non-hydrogen) atoms. The molecule has 1 fully saturated rings. The molecular weight excluding hydrogens is 268 g/mol. The molecule has 6 nitrogen and oxygen atoms in total. The Bertz CT molecular complexity index is 512. The Morgan fingerprint density at radius 2 is 2.16 bits per heavy atom. The molecule has 1 aromatic heterocycles. The molecule has 0 saturated carbocycles. The van der Waals surface area contributed by atoms with E-state index >= 15 is 0 Å². The van der Waals surface area contributed by atoms with Gasteiger partial charge in [-0.3, -0.25) is 4.84 Å². The Balaban J connectivity index is 2.34. The molecule has 1 aliphatic rings. The molecule has 2 rings (SSSR count). The lowest BCUT2D eigenvalue weighted by molar-refractivity contribution is -0.113. The highest BCUT2D eigenvalue weighted by Crippen LogP contribution is 2.35. The molecule has 1 aromatic rings. The third-order valence-electron chi connectivity index (χ3n) is 3.53. The Kier molecular flexibility index (Phi) is 4.00. The lowest BCUT2D eigenvalue weighted by Gasteiger charge is -2.27. The van der Waals surface area contributed by atoms with Gasteiger partial charge in [0.05, 0.1) is 12.9 Å². The lowest BCUT2D eigenvalue weighted by atomic mass is 10.2. The molecule has 0 aromatic carbocycles. The molecule has 2 heterocycles. The van der Waals surface area contributed by atoms with Crippen LogP contribution >= 0.6 is 0 Å². The first-order valence-electron chi connectivity index (χ1n) is 6.21. The zero-order valence-electron chi connectivity index (χ0n) is 11.6. The SMILES string of the molecule is CC(C)N(C)S(=O)(=O)C1CON(C)C1c1ccco1. The molecule has 0 spiro atoms. The van der Waals surface area contributed by atoms with Crippen LogP contribution in [-0.2, 0) is 14.9 Å². The average molecular weight is 288 g/mol. The van der Waals surface area contributed by atoms with Crippen molar-refractivity contribution in [1.82, 2.24) is 9.37 Å². The Labute approximate surface area is 113 Å². The normalized spacial score (nSPS) is 25.6. The standard InChI is InChI=1S/C12H20N2O4S/c1-9(2)14(4)19(15,16)11-8-18-13(3)12(11)10-6-5-7-17-10/h5-7,9,11-12H,8H2,1-4H3. The number of hydroxylamine groups is 2. The molecule has 2 unspecified atom stereocenters. The summed E-state index contributed by atoms with van der Waals surface area (Å²) in [5.41, 5.74) is 0. The van der Waals surface area contributed by atoms with E-state index in [0.29, 0.717) is 5.76 Å². The number of rotatable bonds is 4. The molecule has 2 atom stereocenters. The summed E-state index contributed by atoms with van der Waals surface area (Å²) in [7, 11) is -0.124. The molecule has 0 radical (unpaired) electrons. The highest BCUT2D eigenvalue weighted by molar-refractivity contribution is 7.89. The van der Waals surface area contributed by atoms with Crippen molar-refractivity contribution in [2.75, 3.05) is 20.7 Å². The van der Waals surface area contributed by atoms with Gasteiger partial charge in [0.25, 0.3) is 0 Å². The van der Waals surface area contributed by atoms with Crippen molar-refractivity contribution in [2.45, 2.75) is 31.2 Å². The maximum absolute atomic E-state index is 12.6. The van der Waals surface area contributed by atoms with Crippen LogP contribution in [0.15, 0.2) is 22.8 Å². The number of furan rings is 1. The largest absolute Gasteiger partial charge is 0.468 e. The van der Waals surface area contributed by atoms with E-state index < -0.39 is 21.3 Å². The van der Waals surface area contributed by atoms with E-state index in [1.807, 2.05) is 13.8 Å². The molecule has 1 aliphatic heterocycles. The third kappa shape index (κ3) is 2.55. The predicted octanol–water partition coefficient (Wildman–Crippen LogP) is 1.24. The minimum Gasteiger partial charge on any atom is -0.468 e. The summed E-state index contributed by atoms with van der Waals surface area (Å²) in [5, 5.41) is 0.894. The van der Waals surface area contributed by atoms with Crippen LogP contribution in [0.2, 0.25) is 0 Å². The predicted molar refractivity (Wildman–Crippen MR) is 70.8 cm³/mol. The second-order valence-electron chi connectivity index (χ2n) is 5.00. The van der Waals surface area contributed by atoms with E-state index in [1.165, 1.54) is 10.6 Å². The van der Waals surface area contributed by atoms with Crippen molar-refractivity contribution in [3.8, 4) is 0 Å². The van der Waals surface area contributed by atoms with Crippen LogP contribution < -0.4 is 0 Å². The summed E-state index contributed by atoms with van der Waals surface area (Å²) >= 11 is 0. The van der Waals surface area contributed by atoms with Crippen LogP contribution in [0.5, 0.6) is 0 Å². The molecular formula is C12H20N2O4S. The second-order valence-corrected chi connectivity index (χ2v) is 7.21. The number of sulfonamides is 1. The quantitative estimate of drug-likeness (QED) is 0.834. The summed E-state index contributed by atoms with van der Waals surface area (Å²) in [5.74, 6) is 0.603. The number of hydrogen-bond acceptors (Lipinski definition) is 5. The average Bonchev–Trinajstić information content (AvgIpc) is 2.96. The number of hydrogen-bond donors (Lipinski definition) is 0. The van der Waals surface area contributed by atoms with E-state index in [4.69, 9.17) is 9.25 Å². The summed E-state index contributed by atoms with van der Waals surface area (Å²) in [6, 6.07) is 3.01. The van der Waals surface area contributed by atoms with Crippen molar-refractivity contribution >= 4 is 10.0 Å². The Morgan fingerprint density at radius 3 is 2.68 bits per heavy atom. The van der Waals surface area contributed by atoms with Crippen molar-refractivity contribution in [2.24, 2.45) is 0 Å². The van der Waals surface area contributed by atoms with Crippen LogP contribution in [0, 0.1) is 0 Å². The van der Waals surface area contributed by atoms with Gasteiger partial charge in [-0.1, -0.05) is 0 Å². The van der Waals surface area contributed by atoms with Crippen molar-refractivity contribution in [1.29, 1.82) is 0 Å². The van der Waals surface area contributed by atoms with E-state index in [9.17, 15) is 8.42 Å². The minimum atomic E-state index is -3.44. The first kappa shape index (κ1) is 14.5. The molecule has 0 amide bonds. The maximum Gasteiger partial charge on any atom is 0.221 e. The fourth-order valence-corrected chi connectivity index (χ4v) is 4.05. The Hall–Kier alpha value is -0.890. The summed E-state index contributed by atoms with van der Waals surface area (Å²) in [6.07, 6.45) is 1.54. The maximum atomic E-state index is 12.6. The first-order valence-corrected chi connectivity index (χ1v) is 7.72. The van der Waals surface area contributed by atoms with Gasteiger partial charge in [-0.15, -0.1) is 0 Å². The van der Waals surface area contributed by atoms with E-state index in [2.05, 4.69) is 0 Å². The molecule has 0 bridgehead atoms. The van der Waals surface area contributed by atoms with Gasteiger partial charge in [-0.25, -0.2) is 12.7 Å². The smallest absolute Gasteiger partial charge is 0.221 e. The summed E-state index contributed by atoms with van der Waals surface area (Å²) in [6.45, 7) is 3.83. The zero-order valence-corrected chi connectivity index (χ0v) is 12.4. The fourth-order valence-electron chi connectivity index (χ4n) is 2.17. The summed E-state index contributed by atoms with van der Waals surface area (Å²) < 4.78 is 31.9. The van der Waals surface area contributed by atoms with Crippen molar-refractivity contribution < 1.29 is 17.7 Å². The second kappa shape index (κ2) is 5.24. The van der Waals surface area contributed by atoms with Crippen LogP contribution in [-0.4, -0.2) is 49.8 Å². The van der Waals surface area contributed by atoms with Gasteiger partial charge in [-0.2, -0.15) is 5.06 Å². The third-order valence-corrected chi connectivity index (χ3v) is 5.92. The van der Waals surface area contributed by atoms with Gasteiger partial charge in [0.15, 0.2) is 0 Å². The molecule has 1 saturated heterocycles. The first-order chi connectivity index (χ1) is 8.85. The van der Waals surface area contributed by atoms with E-state index in [0.717, 1.165) is 0 Å². The topological polar surface area (TPSA) is 63.0 Å². The van der Waals surface area contributed by atoms with Crippen LogP contribution in [0.3, 0.4) is 0 Å². The summed E-state index contributed by atoms with van der Waals surface area (Å²) in [4.78, 5) is 5.39. The Morgan fingerprint density at radius 1 is 1.47 bits per heavy atom. The lowest BCUT2D eigenvalue weighted by Crippen LogP contribution is -2.43. The van der Waals surface area contributed by atoms with Crippen LogP contribution in [0.1, 0.15) is 25.6 Å². The molecule has 108 valence electrons. The molecule has 7 heteroatoms. The van der Waals surface area contributed by atoms with Crippen LogP contribution in [0.25, 0.3) is 0 Å². The molecule has 0 aliphatic carbocycles. The van der Waals surface area contributed by atoms with E-state index in [1.54, 1.807) is 31.3 Å². The highest BCUT2D eigenvalue weighted by atomic mass is 32.2. The van der Waals surface area contributed by atoms with Gasteiger partial charge >= 0.3 is 0 Å². The monoisotopic (exact) mass is 288 g/mol. The zero-order chi connectivity index (χ0) is 14.2. The van der Waals surface area contributed by atoms with Gasteiger partial charge in [0.2, 0.25) is 10.0 Å². The van der Waals surface area contributed by atoms with Gasteiger partial charge < -0.3 is 4.42 Å². The minimum absolute atomic E-state index is 0.0897. The van der Waals surface area contributed by atoms with Crippen molar-refractivity contribution in [3.63, 3.8) is 0 Å². The highest BCUT2D eigenvalue weighted by Gasteiger charge is 2.46. The fraction of sp³-hybridized carbons (Fsp3) is 0.667. The number of nitrogens with zero attached hydrogens (tertiary/aromatic N) is 2. The van der Waals surface area contributed by atoms with E-state index in [-0.39, 0.29) is 12.6 Å². The van der Waals surface area contributed by atoms with Gasteiger partial charge in [-0.05, 0) is 26.0 Å².